The van der Waals surface area contributed by atoms with E-state index in [1.165, 1.54) is 12.1 Å². The Bertz CT molecular complexity index is 359. The van der Waals surface area contributed by atoms with Crippen molar-refractivity contribution in [2.24, 2.45) is 0 Å². The smallest absolute Gasteiger partial charge is 0.406 e. The van der Waals surface area contributed by atoms with Gasteiger partial charge in [0, 0.05) is 17.3 Å². The molecule has 0 aliphatic rings. The molecule has 0 atom stereocenters. The van der Waals surface area contributed by atoms with Crippen molar-refractivity contribution < 1.29 is 22.7 Å². The van der Waals surface area contributed by atoms with Gasteiger partial charge in [-0.05, 0) is 24.3 Å². The van der Waals surface area contributed by atoms with Crippen LogP contribution in [0.1, 0.15) is 16.8 Å². The molecule has 0 aliphatic heterocycles. The fourth-order valence-electron chi connectivity index (χ4n) is 1.07. The molecule has 1 rings (SSSR count). The number of ether oxygens (including phenoxy) is 1. The fourth-order valence-corrected chi connectivity index (χ4v) is 1.43. The van der Waals surface area contributed by atoms with Crippen molar-refractivity contribution in [2.45, 2.75) is 12.8 Å². The summed E-state index contributed by atoms with van der Waals surface area (Å²) in [5.74, 6) is -0.460. The highest BCUT2D eigenvalue weighted by Gasteiger charge is 2.30. The summed E-state index contributed by atoms with van der Waals surface area (Å²) in [6.45, 7) is 0. The van der Waals surface area contributed by atoms with E-state index in [9.17, 15) is 18.0 Å². The average molecular weight is 297 g/mol. The highest BCUT2D eigenvalue weighted by Crippen LogP contribution is 2.23. The van der Waals surface area contributed by atoms with Crippen LogP contribution in [0.15, 0.2) is 24.3 Å². The summed E-state index contributed by atoms with van der Waals surface area (Å²) in [4.78, 5) is 11.3. The van der Waals surface area contributed by atoms with Gasteiger partial charge >= 0.3 is 6.36 Å². The first-order chi connectivity index (χ1) is 7.42. The van der Waals surface area contributed by atoms with Gasteiger partial charge in [0.15, 0.2) is 5.78 Å². The fraction of sp³-hybridized carbons (Fsp3) is 0.300. The minimum atomic E-state index is -4.71. The molecule has 0 N–H and O–H groups in total. The number of carbonyl (C=O) groups excluding carboxylic acids is 1. The Morgan fingerprint density at radius 1 is 1.25 bits per heavy atom. The van der Waals surface area contributed by atoms with E-state index < -0.39 is 6.36 Å². The van der Waals surface area contributed by atoms with Crippen molar-refractivity contribution >= 4 is 21.7 Å². The van der Waals surface area contributed by atoms with Gasteiger partial charge in [0.05, 0.1) is 0 Å². The van der Waals surface area contributed by atoms with Gasteiger partial charge in [0.25, 0.3) is 0 Å². The number of halogens is 4. The van der Waals surface area contributed by atoms with Crippen LogP contribution in [0.5, 0.6) is 5.75 Å². The lowest BCUT2D eigenvalue weighted by Gasteiger charge is -2.08. The summed E-state index contributed by atoms with van der Waals surface area (Å²) in [5.41, 5.74) is 0.369. The minimum Gasteiger partial charge on any atom is -0.406 e. The predicted octanol–water partition coefficient (Wildman–Crippen LogP) is 3.55. The normalized spacial score (nSPS) is 11.2. The predicted molar refractivity (Wildman–Crippen MR) is 55.9 cm³/mol. The van der Waals surface area contributed by atoms with Crippen molar-refractivity contribution in [1.82, 2.24) is 0 Å². The van der Waals surface area contributed by atoms with Crippen LogP contribution in [-0.4, -0.2) is 17.5 Å². The number of ketones is 1. The van der Waals surface area contributed by atoms with Crippen molar-refractivity contribution in [1.29, 1.82) is 0 Å². The minimum absolute atomic E-state index is 0.129. The van der Waals surface area contributed by atoms with Gasteiger partial charge in [-0.25, -0.2) is 0 Å². The summed E-state index contributed by atoms with van der Waals surface area (Å²) in [6.07, 6.45) is -4.40. The zero-order chi connectivity index (χ0) is 12.2. The van der Waals surface area contributed by atoms with Crippen LogP contribution in [0.2, 0.25) is 0 Å². The SMILES string of the molecule is O=C(CCBr)c1ccc(OC(F)(F)F)cc1. The van der Waals surface area contributed by atoms with E-state index in [4.69, 9.17) is 0 Å². The van der Waals surface area contributed by atoms with Gasteiger partial charge in [-0.15, -0.1) is 13.2 Å². The van der Waals surface area contributed by atoms with Crippen LogP contribution in [0.4, 0.5) is 13.2 Å². The second-order valence-corrected chi connectivity index (χ2v) is 3.73. The second kappa shape index (κ2) is 5.34. The highest BCUT2D eigenvalue weighted by molar-refractivity contribution is 9.09. The van der Waals surface area contributed by atoms with Crippen LogP contribution < -0.4 is 4.74 Å². The van der Waals surface area contributed by atoms with E-state index >= 15 is 0 Å². The maximum Gasteiger partial charge on any atom is 0.573 e. The molecule has 0 amide bonds. The van der Waals surface area contributed by atoms with E-state index in [0.29, 0.717) is 17.3 Å². The zero-order valence-corrected chi connectivity index (χ0v) is 9.64. The monoisotopic (exact) mass is 296 g/mol. The Kier molecular flexibility index (Phi) is 4.35. The Balaban J connectivity index is 2.72. The summed E-state index contributed by atoms with van der Waals surface area (Å²) in [6, 6.07) is 4.86. The Labute approximate surface area is 98.5 Å². The van der Waals surface area contributed by atoms with E-state index in [1.807, 2.05) is 0 Å². The lowest BCUT2D eigenvalue weighted by molar-refractivity contribution is -0.274. The highest BCUT2D eigenvalue weighted by atomic mass is 79.9. The molecule has 0 aromatic heterocycles. The molecule has 0 heterocycles. The molecule has 0 bridgehead atoms. The Morgan fingerprint density at radius 3 is 2.25 bits per heavy atom. The molecular formula is C10H8BrF3O2. The molecule has 0 saturated heterocycles. The van der Waals surface area contributed by atoms with Gasteiger partial charge in [-0.3, -0.25) is 4.79 Å². The van der Waals surface area contributed by atoms with Crippen LogP contribution >= 0.6 is 15.9 Å². The first-order valence-electron chi connectivity index (χ1n) is 4.37. The maximum absolute atomic E-state index is 11.8. The lowest BCUT2D eigenvalue weighted by Crippen LogP contribution is -2.17. The third kappa shape index (κ3) is 4.22. The number of Topliss-reactive ketones (excluding diaryl/α,β-unsaturated/α-hetero) is 1. The number of alkyl halides is 4. The van der Waals surface area contributed by atoms with E-state index in [2.05, 4.69) is 20.7 Å². The summed E-state index contributed by atoms with van der Waals surface area (Å²) in [7, 11) is 0. The Morgan fingerprint density at radius 2 is 1.81 bits per heavy atom. The average Bonchev–Trinajstić information content (AvgIpc) is 2.16. The van der Waals surface area contributed by atoms with Crippen molar-refractivity contribution in [3.05, 3.63) is 29.8 Å². The molecule has 0 spiro atoms. The summed E-state index contributed by atoms with van der Waals surface area (Å²) in [5, 5.41) is 0.520. The molecule has 6 heteroatoms. The lowest BCUT2D eigenvalue weighted by atomic mass is 10.1. The molecule has 2 nitrogen and oxygen atoms in total. The maximum atomic E-state index is 11.8. The van der Waals surface area contributed by atoms with Crippen LogP contribution in [0, 0.1) is 0 Å². The molecule has 1 aromatic rings. The molecule has 0 saturated carbocycles. The molecule has 16 heavy (non-hydrogen) atoms. The van der Waals surface area contributed by atoms with E-state index in [1.54, 1.807) is 0 Å². The van der Waals surface area contributed by atoms with Crippen molar-refractivity contribution in [2.75, 3.05) is 5.33 Å². The van der Waals surface area contributed by atoms with Crippen LogP contribution in [0.3, 0.4) is 0 Å². The molecule has 88 valence electrons. The zero-order valence-electron chi connectivity index (χ0n) is 8.05. The number of benzene rings is 1. The quantitative estimate of drug-likeness (QED) is 0.627. The van der Waals surface area contributed by atoms with Crippen molar-refractivity contribution in [3.8, 4) is 5.75 Å². The van der Waals surface area contributed by atoms with Gasteiger partial charge < -0.3 is 4.74 Å². The second-order valence-electron chi connectivity index (χ2n) is 2.93. The van der Waals surface area contributed by atoms with Gasteiger partial charge in [-0.1, -0.05) is 15.9 Å². The molecule has 0 unspecified atom stereocenters. The standard InChI is InChI=1S/C10H8BrF3O2/c11-6-5-9(15)7-1-3-8(4-2-7)16-10(12,13)14/h1-4H,5-6H2. The van der Waals surface area contributed by atoms with E-state index in [0.717, 1.165) is 12.1 Å². The first kappa shape index (κ1) is 13.0. The molecule has 0 fully saturated rings. The topological polar surface area (TPSA) is 26.3 Å². The van der Waals surface area contributed by atoms with E-state index in [-0.39, 0.29) is 11.5 Å². The third-order valence-electron chi connectivity index (χ3n) is 1.73. The number of hydrogen-bond acceptors (Lipinski definition) is 2. The number of carbonyl (C=O) groups is 1. The number of hydrogen-bond donors (Lipinski definition) is 0. The molecule has 1 aromatic carbocycles. The number of rotatable bonds is 4. The first-order valence-corrected chi connectivity index (χ1v) is 5.49. The molecule has 0 radical (unpaired) electrons. The van der Waals surface area contributed by atoms with Gasteiger partial charge in [0.1, 0.15) is 5.75 Å². The van der Waals surface area contributed by atoms with Crippen LogP contribution in [-0.2, 0) is 0 Å². The van der Waals surface area contributed by atoms with Gasteiger partial charge in [0.2, 0.25) is 0 Å². The van der Waals surface area contributed by atoms with Crippen LogP contribution in [0.25, 0.3) is 0 Å². The summed E-state index contributed by atoms with van der Waals surface area (Å²) >= 11 is 3.11. The third-order valence-corrected chi connectivity index (χ3v) is 2.13. The van der Waals surface area contributed by atoms with Gasteiger partial charge in [-0.2, -0.15) is 0 Å². The molecule has 0 aliphatic carbocycles. The largest absolute Gasteiger partial charge is 0.573 e. The molecular weight excluding hydrogens is 289 g/mol. The Hall–Kier alpha value is -1.04. The summed E-state index contributed by atoms with van der Waals surface area (Å²) < 4.78 is 39.2. The van der Waals surface area contributed by atoms with Crippen molar-refractivity contribution in [3.63, 3.8) is 0 Å².